The van der Waals surface area contributed by atoms with Crippen molar-refractivity contribution in [2.45, 2.75) is 32.1 Å². The van der Waals surface area contributed by atoms with Crippen LogP contribution in [0.25, 0.3) is 10.9 Å². The SMILES string of the molecule is ON=Cc1nc(C#CCCNc2c3c(nc4ccccc24)CCCC3)ccc1F. The molecule has 5 nitrogen and oxygen atoms in total. The summed E-state index contributed by atoms with van der Waals surface area (Å²) in [5.74, 6) is 5.45. The normalized spacial score (nSPS) is 13.1. The van der Waals surface area contributed by atoms with Crippen LogP contribution in [0.3, 0.4) is 0 Å². The number of oxime groups is 1. The maximum absolute atomic E-state index is 13.5. The summed E-state index contributed by atoms with van der Waals surface area (Å²) in [6, 6.07) is 11.0. The highest BCUT2D eigenvalue weighted by Gasteiger charge is 2.17. The number of hydrogen-bond acceptors (Lipinski definition) is 5. The Balaban J connectivity index is 1.49. The van der Waals surface area contributed by atoms with Gasteiger partial charge in [-0.3, -0.25) is 4.98 Å². The molecule has 2 heterocycles. The summed E-state index contributed by atoms with van der Waals surface area (Å²) in [7, 11) is 0. The third-order valence-corrected chi connectivity index (χ3v) is 4.99. The van der Waals surface area contributed by atoms with Crippen molar-refractivity contribution in [3.63, 3.8) is 0 Å². The first-order valence-electron chi connectivity index (χ1n) is 9.73. The van der Waals surface area contributed by atoms with Gasteiger partial charge < -0.3 is 10.5 Å². The Bertz CT molecular complexity index is 1130. The van der Waals surface area contributed by atoms with Gasteiger partial charge in [0.15, 0.2) is 5.82 Å². The number of fused-ring (bicyclic) bond motifs is 2. The van der Waals surface area contributed by atoms with E-state index >= 15 is 0 Å². The molecule has 0 fully saturated rings. The number of para-hydroxylation sites is 1. The summed E-state index contributed by atoms with van der Waals surface area (Å²) in [5.41, 5.74) is 5.14. The first-order valence-corrected chi connectivity index (χ1v) is 9.73. The van der Waals surface area contributed by atoms with Crippen LogP contribution in [0.2, 0.25) is 0 Å². The van der Waals surface area contributed by atoms with E-state index < -0.39 is 5.82 Å². The molecule has 0 amide bonds. The van der Waals surface area contributed by atoms with Crippen LogP contribution >= 0.6 is 0 Å². The minimum Gasteiger partial charge on any atom is -0.411 e. The molecule has 1 aromatic carbocycles. The van der Waals surface area contributed by atoms with Gasteiger partial charge in [-0.1, -0.05) is 29.3 Å². The Kier molecular flexibility index (Phi) is 5.66. The number of benzene rings is 1. The van der Waals surface area contributed by atoms with Gasteiger partial charge in [0.1, 0.15) is 11.4 Å². The smallest absolute Gasteiger partial charge is 0.150 e. The molecule has 2 aromatic heterocycles. The minimum atomic E-state index is -0.552. The molecule has 2 N–H and O–H groups in total. The summed E-state index contributed by atoms with van der Waals surface area (Å²) >= 11 is 0. The Morgan fingerprint density at radius 1 is 1.14 bits per heavy atom. The van der Waals surface area contributed by atoms with Gasteiger partial charge in [-0.15, -0.1) is 0 Å². The molecule has 4 rings (SSSR count). The molecule has 0 aliphatic heterocycles. The van der Waals surface area contributed by atoms with Crippen LogP contribution < -0.4 is 5.32 Å². The second-order valence-corrected chi connectivity index (χ2v) is 6.92. The molecule has 146 valence electrons. The van der Waals surface area contributed by atoms with E-state index in [4.69, 9.17) is 10.2 Å². The number of nitrogens with zero attached hydrogens (tertiary/aromatic N) is 3. The first-order chi connectivity index (χ1) is 14.3. The van der Waals surface area contributed by atoms with Gasteiger partial charge in [-0.05, 0) is 55.4 Å². The zero-order valence-corrected chi connectivity index (χ0v) is 16.0. The van der Waals surface area contributed by atoms with Crippen molar-refractivity contribution in [1.29, 1.82) is 0 Å². The average Bonchev–Trinajstić information content (AvgIpc) is 2.75. The molecule has 1 aliphatic carbocycles. The van der Waals surface area contributed by atoms with Gasteiger partial charge in [0.25, 0.3) is 0 Å². The average molecular weight is 388 g/mol. The summed E-state index contributed by atoms with van der Waals surface area (Å²) in [6.45, 7) is 0.694. The van der Waals surface area contributed by atoms with Crippen molar-refractivity contribution < 1.29 is 9.60 Å². The molecule has 29 heavy (non-hydrogen) atoms. The third kappa shape index (κ3) is 4.19. The highest BCUT2D eigenvalue weighted by Crippen LogP contribution is 2.33. The molecular weight excluding hydrogens is 367 g/mol. The highest BCUT2D eigenvalue weighted by molar-refractivity contribution is 5.93. The molecule has 0 spiro atoms. The minimum absolute atomic E-state index is 0.0349. The second-order valence-electron chi connectivity index (χ2n) is 6.92. The predicted molar refractivity (Wildman–Crippen MR) is 112 cm³/mol. The number of nitrogens with one attached hydrogen (secondary N) is 1. The lowest BCUT2D eigenvalue weighted by atomic mass is 9.92. The van der Waals surface area contributed by atoms with Crippen LogP contribution in [-0.4, -0.2) is 27.9 Å². The predicted octanol–water partition coefficient (Wildman–Crippen LogP) is 4.31. The molecule has 0 unspecified atom stereocenters. The standard InChI is InChI=1S/C23H21FN4O/c24-19-13-12-16(27-22(19)15-26-29)7-5-6-14-25-23-17-8-1-3-10-20(17)28-21-11-4-2-9-18(21)23/h1,3,8,10,12-13,15,29H,2,4,6,9,11,14H2,(H,25,28). The van der Waals surface area contributed by atoms with Crippen LogP contribution in [0.4, 0.5) is 10.1 Å². The monoisotopic (exact) mass is 388 g/mol. The summed E-state index contributed by atoms with van der Waals surface area (Å²) in [6.07, 6.45) is 6.04. The van der Waals surface area contributed by atoms with Gasteiger partial charge in [0.2, 0.25) is 0 Å². The third-order valence-electron chi connectivity index (χ3n) is 4.99. The summed E-state index contributed by atoms with van der Waals surface area (Å²) in [5, 5.41) is 16.1. The van der Waals surface area contributed by atoms with Crippen molar-refractivity contribution in [3.8, 4) is 11.8 Å². The lowest BCUT2D eigenvalue weighted by molar-refractivity contribution is 0.321. The Hall–Kier alpha value is -3.46. The number of aryl methyl sites for hydroxylation is 1. The molecule has 0 saturated carbocycles. The molecular formula is C23H21FN4O. The van der Waals surface area contributed by atoms with Gasteiger partial charge in [0, 0.05) is 29.7 Å². The van der Waals surface area contributed by atoms with Crippen molar-refractivity contribution in [3.05, 3.63) is 64.9 Å². The highest BCUT2D eigenvalue weighted by atomic mass is 19.1. The Labute approximate surface area is 168 Å². The van der Waals surface area contributed by atoms with Gasteiger partial charge in [0.05, 0.1) is 11.7 Å². The number of aromatic nitrogens is 2. The van der Waals surface area contributed by atoms with Crippen LogP contribution in [0.5, 0.6) is 0 Å². The van der Waals surface area contributed by atoms with Crippen LogP contribution in [-0.2, 0) is 12.8 Å². The second kappa shape index (κ2) is 8.70. The molecule has 0 atom stereocenters. The van der Waals surface area contributed by atoms with Gasteiger partial charge >= 0.3 is 0 Å². The van der Waals surface area contributed by atoms with Crippen molar-refractivity contribution >= 4 is 22.8 Å². The van der Waals surface area contributed by atoms with Crippen LogP contribution in [0.1, 0.15) is 41.9 Å². The first kappa shape index (κ1) is 18.9. The number of halogens is 1. The lowest BCUT2D eigenvalue weighted by Gasteiger charge is -2.21. The van der Waals surface area contributed by atoms with E-state index in [2.05, 4.69) is 39.4 Å². The zero-order valence-electron chi connectivity index (χ0n) is 16.0. The maximum Gasteiger partial charge on any atom is 0.150 e. The maximum atomic E-state index is 13.5. The molecule has 1 aliphatic rings. The topological polar surface area (TPSA) is 70.4 Å². The molecule has 0 radical (unpaired) electrons. The van der Waals surface area contributed by atoms with Crippen molar-refractivity contribution in [2.75, 3.05) is 11.9 Å². The molecule has 3 aromatic rings. The zero-order chi connectivity index (χ0) is 20.1. The van der Waals surface area contributed by atoms with Gasteiger partial charge in [-0.2, -0.15) is 0 Å². The molecule has 6 heteroatoms. The van der Waals surface area contributed by atoms with E-state index in [1.54, 1.807) is 0 Å². The molecule has 0 bridgehead atoms. The van der Waals surface area contributed by atoms with E-state index in [-0.39, 0.29) is 5.69 Å². The number of rotatable bonds is 4. The van der Waals surface area contributed by atoms with Gasteiger partial charge in [-0.25, -0.2) is 9.37 Å². The molecule has 0 saturated heterocycles. The van der Waals surface area contributed by atoms with Crippen molar-refractivity contribution in [1.82, 2.24) is 9.97 Å². The van der Waals surface area contributed by atoms with Crippen molar-refractivity contribution in [2.24, 2.45) is 5.16 Å². The van der Waals surface area contributed by atoms with E-state index in [1.807, 2.05) is 12.1 Å². The van der Waals surface area contributed by atoms with E-state index in [9.17, 15) is 4.39 Å². The number of hydrogen-bond donors (Lipinski definition) is 2. The lowest BCUT2D eigenvalue weighted by Crippen LogP contribution is -2.12. The van der Waals surface area contributed by atoms with Crippen LogP contribution in [0, 0.1) is 17.7 Å². The number of anilines is 1. The fourth-order valence-electron chi connectivity index (χ4n) is 3.65. The van der Waals surface area contributed by atoms with E-state index in [0.29, 0.717) is 18.7 Å². The Morgan fingerprint density at radius 3 is 2.90 bits per heavy atom. The van der Waals surface area contributed by atoms with E-state index in [1.165, 1.54) is 41.9 Å². The van der Waals surface area contributed by atoms with Crippen LogP contribution in [0.15, 0.2) is 41.6 Å². The summed E-state index contributed by atoms with van der Waals surface area (Å²) in [4.78, 5) is 8.89. The largest absolute Gasteiger partial charge is 0.411 e. The fourth-order valence-corrected chi connectivity index (χ4v) is 3.65. The van der Waals surface area contributed by atoms with E-state index in [0.717, 1.165) is 30.0 Å². The summed E-state index contributed by atoms with van der Waals surface area (Å²) < 4.78 is 13.5. The quantitative estimate of drug-likeness (QED) is 0.230. The Morgan fingerprint density at radius 2 is 2.00 bits per heavy atom. The number of pyridine rings is 2. The fraction of sp³-hybridized carbons (Fsp3) is 0.261.